The zero-order valence-corrected chi connectivity index (χ0v) is 11.7. The average molecular weight is 281 g/mol. The molecule has 0 radical (unpaired) electrons. The molecule has 2 aromatic rings. The maximum Gasteiger partial charge on any atom is 0.251 e. The van der Waals surface area contributed by atoms with Crippen LogP contribution in [0.3, 0.4) is 0 Å². The lowest BCUT2D eigenvalue weighted by Gasteiger charge is -2.20. The van der Waals surface area contributed by atoms with Gasteiger partial charge in [0.15, 0.2) is 0 Å². The molecule has 6 heteroatoms. The molecule has 21 heavy (non-hydrogen) atoms. The minimum atomic E-state index is -0.563. The summed E-state index contributed by atoms with van der Waals surface area (Å²) in [4.78, 5) is 15.9. The minimum absolute atomic E-state index is 0.322. The number of hydrogen-bond acceptors (Lipinski definition) is 4. The average Bonchev–Trinajstić information content (AvgIpc) is 2.82. The Morgan fingerprint density at radius 3 is 3.05 bits per heavy atom. The Balaban J connectivity index is 2.38. The van der Waals surface area contributed by atoms with Gasteiger partial charge in [-0.1, -0.05) is 0 Å². The Labute approximate surface area is 122 Å². The van der Waals surface area contributed by atoms with Crippen molar-refractivity contribution in [3.05, 3.63) is 40.8 Å². The van der Waals surface area contributed by atoms with Crippen molar-refractivity contribution in [3.63, 3.8) is 0 Å². The topological polar surface area (TPSA) is 96.7 Å². The van der Waals surface area contributed by atoms with E-state index >= 15 is 0 Å². The minimum Gasteiger partial charge on any atom is -0.366 e. The second-order valence-electron chi connectivity index (χ2n) is 5.04. The molecule has 0 atom stereocenters. The van der Waals surface area contributed by atoms with Crippen LogP contribution in [-0.2, 0) is 13.1 Å². The van der Waals surface area contributed by atoms with Gasteiger partial charge in [0, 0.05) is 43.3 Å². The van der Waals surface area contributed by atoms with Gasteiger partial charge >= 0.3 is 0 Å². The van der Waals surface area contributed by atoms with Crippen molar-refractivity contribution in [1.29, 1.82) is 5.26 Å². The first-order chi connectivity index (χ1) is 10.1. The van der Waals surface area contributed by atoms with Gasteiger partial charge in [-0.2, -0.15) is 5.26 Å². The van der Waals surface area contributed by atoms with Crippen LogP contribution in [0.1, 0.15) is 27.2 Å². The largest absolute Gasteiger partial charge is 0.366 e. The molecule has 6 nitrogen and oxygen atoms in total. The van der Waals surface area contributed by atoms with E-state index in [4.69, 9.17) is 5.73 Å². The van der Waals surface area contributed by atoms with Crippen molar-refractivity contribution in [2.45, 2.75) is 20.0 Å². The van der Waals surface area contributed by atoms with E-state index in [-0.39, 0.29) is 0 Å². The number of fused-ring (bicyclic) bond motifs is 1. The van der Waals surface area contributed by atoms with Crippen LogP contribution >= 0.6 is 0 Å². The predicted molar refractivity (Wildman–Crippen MR) is 77.3 cm³/mol. The molecule has 0 aromatic carbocycles. The molecule has 3 N–H and O–H groups in total. The highest BCUT2D eigenvalue weighted by Gasteiger charge is 2.28. The molecule has 0 spiro atoms. The van der Waals surface area contributed by atoms with E-state index in [0.29, 0.717) is 24.2 Å². The molecule has 0 unspecified atom stereocenters. The second-order valence-corrected chi connectivity index (χ2v) is 5.04. The van der Waals surface area contributed by atoms with Crippen molar-refractivity contribution in [2.24, 2.45) is 5.73 Å². The molecule has 1 amide bonds. The monoisotopic (exact) mass is 281 g/mol. The summed E-state index contributed by atoms with van der Waals surface area (Å²) in [6.45, 7) is 3.98. The zero-order chi connectivity index (χ0) is 15.0. The number of primary amides is 1. The summed E-state index contributed by atoms with van der Waals surface area (Å²) in [5.74, 6) is -0.563. The molecule has 0 bridgehead atoms. The van der Waals surface area contributed by atoms with Crippen LogP contribution in [0.15, 0.2) is 18.5 Å². The first-order valence-electron chi connectivity index (χ1n) is 6.72. The highest BCUT2D eigenvalue weighted by molar-refractivity contribution is 5.99. The highest BCUT2D eigenvalue weighted by atomic mass is 16.1. The number of amides is 1. The Bertz CT molecular complexity index is 769. The molecule has 106 valence electrons. The summed E-state index contributed by atoms with van der Waals surface area (Å²) in [5, 5.41) is 12.8. The molecular formula is C15H15N5O. The standard InChI is InChI=1S/C15H15N5O/c1-9-2-3-18-7-11(9)14-10(6-16)13(15(17)21)12-8-19-4-5-20(12)14/h2-3,7,19H,4-5,8H2,1H3,(H2,17,21). The summed E-state index contributed by atoms with van der Waals surface area (Å²) < 4.78 is 2.01. The molecule has 0 saturated carbocycles. The smallest absolute Gasteiger partial charge is 0.251 e. The SMILES string of the molecule is Cc1ccncc1-c1c(C#N)c(C(N)=O)c2n1CCNC2. The number of carbonyl (C=O) groups excluding carboxylic acids is 1. The molecule has 0 fully saturated rings. The number of pyridine rings is 1. The summed E-state index contributed by atoms with van der Waals surface area (Å²) in [5.41, 5.74) is 9.56. The Morgan fingerprint density at radius 2 is 2.38 bits per heavy atom. The third kappa shape index (κ3) is 1.99. The van der Waals surface area contributed by atoms with Crippen LogP contribution in [0.5, 0.6) is 0 Å². The fraction of sp³-hybridized carbons (Fsp3) is 0.267. The van der Waals surface area contributed by atoms with Crippen molar-refractivity contribution >= 4 is 5.91 Å². The van der Waals surface area contributed by atoms with Crippen molar-refractivity contribution < 1.29 is 4.79 Å². The maximum absolute atomic E-state index is 11.8. The molecule has 2 aromatic heterocycles. The summed E-state index contributed by atoms with van der Waals surface area (Å²) in [6.07, 6.45) is 3.44. The quantitative estimate of drug-likeness (QED) is 0.855. The van der Waals surface area contributed by atoms with Gasteiger partial charge < -0.3 is 15.6 Å². The first-order valence-corrected chi connectivity index (χ1v) is 6.72. The van der Waals surface area contributed by atoms with Crippen molar-refractivity contribution in [3.8, 4) is 17.3 Å². The van der Waals surface area contributed by atoms with Crippen molar-refractivity contribution in [2.75, 3.05) is 6.54 Å². The second kappa shape index (κ2) is 5.04. The van der Waals surface area contributed by atoms with Gasteiger partial charge in [-0.15, -0.1) is 0 Å². The third-order valence-electron chi connectivity index (χ3n) is 3.83. The number of nitriles is 1. The van der Waals surface area contributed by atoms with Gasteiger partial charge in [-0.3, -0.25) is 9.78 Å². The number of nitrogens with zero attached hydrogens (tertiary/aromatic N) is 3. The molecule has 0 aliphatic carbocycles. The molecule has 3 heterocycles. The normalized spacial score (nSPS) is 13.5. The van der Waals surface area contributed by atoms with E-state index in [9.17, 15) is 10.1 Å². The fourth-order valence-electron chi connectivity index (χ4n) is 2.86. The molecule has 1 aliphatic heterocycles. The van der Waals surface area contributed by atoms with E-state index in [0.717, 1.165) is 29.1 Å². The van der Waals surface area contributed by atoms with Crippen molar-refractivity contribution in [1.82, 2.24) is 14.9 Å². The van der Waals surface area contributed by atoms with Crippen LogP contribution in [0.4, 0.5) is 0 Å². The predicted octanol–water partition coefficient (Wildman–Crippen LogP) is 0.932. The van der Waals surface area contributed by atoms with Gasteiger partial charge in [0.2, 0.25) is 0 Å². The third-order valence-corrected chi connectivity index (χ3v) is 3.83. The Morgan fingerprint density at radius 1 is 1.57 bits per heavy atom. The number of nitrogens with one attached hydrogen (secondary N) is 1. The number of aryl methyl sites for hydroxylation is 1. The van der Waals surface area contributed by atoms with Gasteiger partial charge in [-0.25, -0.2) is 0 Å². The van der Waals surface area contributed by atoms with E-state index in [1.807, 2.05) is 17.6 Å². The summed E-state index contributed by atoms with van der Waals surface area (Å²) >= 11 is 0. The van der Waals surface area contributed by atoms with Gasteiger partial charge in [-0.05, 0) is 18.6 Å². The lowest BCUT2D eigenvalue weighted by Crippen LogP contribution is -2.30. The van der Waals surface area contributed by atoms with Crippen LogP contribution in [0, 0.1) is 18.3 Å². The van der Waals surface area contributed by atoms with Crippen LogP contribution < -0.4 is 11.1 Å². The van der Waals surface area contributed by atoms with Gasteiger partial charge in [0.1, 0.15) is 6.07 Å². The summed E-state index contributed by atoms with van der Waals surface area (Å²) in [7, 11) is 0. The molecule has 3 rings (SSSR count). The fourth-order valence-corrected chi connectivity index (χ4v) is 2.86. The van der Waals surface area contributed by atoms with Crippen LogP contribution in [0.2, 0.25) is 0 Å². The van der Waals surface area contributed by atoms with Crippen LogP contribution in [-0.4, -0.2) is 22.0 Å². The summed E-state index contributed by atoms with van der Waals surface area (Å²) in [6, 6.07) is 4.04. The number of nitrogens with two attached hydrogens (primary N) is 1. The maximum atomic E-state index is 11.8. The van der Waals surface area contributed by atoms with Crippen LogP contribution in [0.25, 0.3) is 11.3 Å². The number of aromatic nitrogens is 2. The number of hydrogen-bond donors (Lipinski definition) is 2. The molecule has 1 aliphatic rings. The van der Waals surface area contributed by atoms with E-state index in [1.54, 1.807) is 12.4 Å². The van der Waals surface area contributed by atoms with E-state index in [2.05, 4.69) is 16.4 Å². The molecular weight excluding hydrogens is 266 g/mol. The number of carbonyl (C=O) groups is 1. The Hall–Kier alpha value is -2.65. The molecule has 0 saturated heterocycles. The first kappa shape index (κ1) is 13.3. The highest BCUT2D eigenvalue weighted by Crippen LogP contribution is 2.33. The van der Waals surface area contributed by atoms with E-state index < -0.39 is 5.91 Å². The van der Waals surface area contributed by atoms with Gasteiger partial charge in [0.05, 0.1) is 16.8 Å². The number of rotatable bonds is 2. The van der Waals surface area contributed by atoms with Gasteiger partial charge in [0.25, 0.3) is 5.91 Å². The lowest BCUT2D eigenvalue weighted by molar-refractivity contribution is 0.0998. The zero-order valence-electron chi connectivity index (χ0n) is 11.7. The Kier molecular flexibility index (Phi) is 3.20. The van der Waals surface area contributed by atoms with E-state index in [1.165, 1.54) is 0 Å². The lowest BCUT2D eigenvalue weighted by atomic mass is 10.0.